The van der Waals surface area contributed by atoms with Crippen molar-refractivity contribution in [3.05, 3.63) is 23.3 Å². The first-order valence-corrected chi connectivity index (χ1v) is 6.99. The number of rotatable bonds is 3. The summed E-state index contributed by atoms with van der Waals surface area (Å²) in [7, 11) is -4.19. The van der Waals surface area contributed by atoms with Gasteiger partial charge in [0.25, 0.3) is 10.1 Å². The molecule has 0 aromatic heterocycles. The van der Waals surface area contributed by atoms with E-state index in [2.05, 4.69) is 0 Å². The Balaban J connectivity index is 3.59. The molecule has 0 radical (unpaired) electrons. The number of hydrogen-bond acceptors (Lipinski definition) is 3. The van der Waals surface area contributed by atoms with Gasteiger partial charge in [0.05, 0.1) is 4.90 Å². The molecule has 0 atom stereocenters. The Hall–Kier alpha value is -1.07. The second kappa shape index (κ2) is 4.66. The van der Waals surface area contributed by atoms with E-state index in [1.54, 1.807) is 0 Å². The topological polar surface area (TPSA) is 80.4 Å². The maximum atomic E-state index is 11.2. The van der Waals surface area contributed by atoms with Gasteiger partial charge in [0, 0.05) is 5.69 Å². The lowest BCUT2D eigenvalue weighted by molar-refractivity contribution is 0.483. The average molecular weight is 257 g/mol. The zero-order chi connectivity index (χ0) is 13.4. The van der Waals surface area contributed by atoms with Crippen molar-refractivity contribution in [3.63, 3.8) is 0 Å². The average Bonchev–Trinajstić information content (AvgIpc) is 2.14. The molecule has 5 heteroatoms. The molecular formula is C12H19NO3S. The predicted octanol–water partition coefficient (Wildman–Crippen LogP) is 2.76. The molecule has 1 aromatic carbocycles. The van der Waals surface area contributed by atoms with E-state index in [0.29, 0.717) is 5.69 Å². The van der Waals surface area contributed by atoms with E-state index in [1.165, 1.54) is 12.1 Å². The summed E-state index contributed by atoms with van der Waals surface area (Å²) in [5.41, 5.74) is 8.14. The van der Waals surface area contributed by atoms with Gasteiger partial charge >= 0.3 is 0 Å². The first-order chi connectivity index (χ1) is 7.64. The highest BCUT2D eigenvalue weighted by molar-refractivity contribution is 7.85. The minimum atomic E-state index is -4.19. The van der Waals surface area contributed by atoms with Gasteiger partial charge in [0.1, 0.15) is 0 Å². The summed E-state index contributed by atoms with van der Waals surface area (Å²) in [6, 6.07) is 2.89. The SMILES string of the molecule is CC(C)c1cc(S(=O)(=O)O)cc(C(C)C)c1N. The highest BCUT2D eigenvalue weighted by Crippen LogP contribution is 2.32. The summed E-state index contributed by atoms with van der Waals surface area (Å²) in [6.45, 7) is 7.74. The third kappa shape index (κ3) is 2.98. The molecule has 3 N–H and O–H groups in total. The quantitative estimate of drug-likeness (QED) is 0.644. The van der Waals surface area contributed by atoms with Crippen LogP contribution in [0.2, 0.25) is 0 Å². The molecule has 0 unspecified atom stereocenters. The van der Waals surface area contributed by atoms with Gasteiger partial charge < -0.3 is 5.73 Å². The summed E-state index contributed by atoms with van der Waals surface area (Å²) in [6.07, 6.45) is 0. The lowest BCUT2D eigenvalue weighted by Crippen LogP contribution is -2.07. The van der Waals surface area contributed by atoms with Gasteiger partial charge in [-0.15, -0.1) is 0 Å². The van der Waals surface area contributed by atoms with Crippen molar-refractivity contribution >= 4 is 15.8 Å². The fourth-order valence-electron chi connectivity index (χ4n) is 1.77. The van der Waals surface area contributed by atoms with E-state index < -0.39 is 10.1 Å². The molecule has 4 nitrogen and oxygen atoms in total. The van der Waals surface area contributed by atoms with Gasteiger partial charge in [-0.05, 0) is 35.1 Å². The standard InChI is InChI=1S/C12H19NO3S/c1-7(2)10-5-9(17(14,15)16)6-11(8(3)4)12(10)13/h5-8H,13H2,1-4H3,(H,14,15,16). The van der Waals surface area contributed by atoms with E-state index in [9.17, 15) is 8.42 Å². The largest absolute Gasteiger partial charge is 0.398 e. The highest BCUT2D eigenvalue weighted by Gasteiger charge is 2.18. The molecule has 0 bridgehead atoms. The summed E-state index contributed by atoms with van der Waals surface area (Å²) >= 11 is 0. The van der Waals surface area contributed by atoms with Crippen LogP contribution in [0.4, 0.5) is 5.69 Å². The van der Waals surface area contributed by atoms with Crippen molar-refractivity contribution in [3.8, 4) is 0 Å². The third-order valence-electron chi connectivity index (χ3n) is 2.76. The van der Waals surface area contributed by atoms with Crippen LogP contribution in [0.1, 0.15) is 50.7 Å². The van der Waals surface area contributed by atoms with Crippen LogP contribution >= 0.6 is 0 Å². The molecule has 0 amide bonds. The van der Waals surface area contributed by atoms with Gasteiger partial charge in [-0.3, -0.25) is 4.55 Å². The van der Waals surface area contributed by atoms with Crippen molar-refractivity contribution in [2.24, 2.45) is 0 Å². The molecule has 0 aliphatic heterocycles. The predicted molar refractivity (Wildman–Crippen MR) is 68.8 cm³/mol. The lowest BCUT2D eigenvalue weighted by Gasteiger charge is -2.17. The zero-order valence-electron chi connectivity index (χ0n) is 10.6. The Kier molecular flexibility index (Phi) is 3.84. The molecule has 0 fully saturated rings. The van der Waals surface area contributed by atoms with Crippen LogP contribution in [0.25, 0.3) is 0 Å². The molecule has 1 aromatic rings. The van der Waals surface area contributed by atoms with Crippen molar-refractivity contribution in [2.75, 3.05) is 5.73 Å². The van der Waals surface area contributed by atoms with Gasteiger partial charge in [-0.2, -0.15) is 8.42 Å². The lowest BCUT2D eigenvalue weighted by atomic mass is 9.93. The zero-order valence-corrected chi connectivity index (χ0v) is 11.4. The van der Waals surface area contributed by atoms with Crippen LogP contribution in [0.15, 0.2) is 17.0 Å². The molecule has 96 valence electrons. The van der Waals surface area contributed by atoms with Gasteiger partial charge in [0.15, 0.2) is 0 Å². The number of hydrogen-bond donors (Lipinski definition) is 2. The highest BCUT2D eigenvalue weighted by atomic mass is 32.2. The minimum absolute atomic E-state index is 0.0842. The molecule has 0 aliphatic carbocycles. The second-order valence-corrected chi connectivity index (χ2v) is 6.22. The van der Waals surface area contributed by atoms with Crippen molar-refractivity contribution in [1.82, 2.24) is 0 Å². The number of nitrogen functional groups attached to an aromatic ring is 1. The molecule has 17 heavy (non-hydrogen) atoms. The summed E-state index contributed by atoms with van der Waals surface area (Å²) in [5, 5.41) is 0. The Morgan fingerprint density at radius 1 is 1.06 bits per heavy atom. The number of anilines is 1. The van der Waals surface area contributed by atoms with E-state index in [1.807, 2.05) is 27.7 Å². The first kappa shape index (κ1) is 14.0. The van der Waals surface area contributed by atoms with E-state index in [4.69, 9.17) is 10.3 Å². The van der Waals surface area contributed by atoms with Crippen molar-refractivity contribution in [1.29, 1.82) is 0 Å². The Bertz CT molecular complexity index is 490. The number of benzene rings is 1. The molecule has 0 saturated carbocycles. The normalized spacial score (nSPS) is 12.4. The van der Waals surface area contributed by atoms with Crippen LogP contribution in [0.3, 0.4) is 0 Å². The van der Waals surface area contributed by atoms with Crippen molar-refractivity contribution in [2.45, 2.75) is 44.4 Å². The van der Waals surface area contributed by atoms with Gasteiger partial charge in [-0.25, -0.2) is 0 Å². The summed E-state index contributed by atoms with van der Waals surface area (Å²) in [5.74, 6) is 0.211. The smallest absolute Gasteiger partial charge is 0.294 e. The monoisotopic (exact) mass is 257 g/mol. The van der Waals surface area contributed by atoms with Crippen LogP contribution in [0, 0.1) is 0 Å². The van der Waals surface area contributed by atoms with Gasteiger partial charge in [-0.1, -0.05) is 27.7 Å². The first-order valence-electron chi connectivity index (χ1n) is 5.55. The van der Waals surface area contributed by atoms with Crippen LogP contribution in [-0.4, -0.2) is 13.0 Å². The fraction of sp³-hybridized carbons (Fsp3) is 0.500. The number of nitrogens with two attached hydrogens (primary N) is 1. The van der Waals surface area contributed by atoms with E-state index in [-0.39, 0.29) is 16.7 Å². The molecule has 0 spiro atoms. The molecule has 0 saturated heterocycles. The maximum absolute atomic E-state index is 11.2. The maximum Gasteiger partial charge on any atom is 0.294 e. The molecular weight excluding hydrogens is 238 g/mol. The Morgan fingerprint density at radius 2 is 1.41 bits per heavy atom. The van der Waals surface area contributed by atoms with E-state index in [0.717, 1.165) is 11.1 Å². The Morgan fingerprint density at radius 3 is 1.65 bits per heavy atom. The van der Waals surface area contributed by atoms with E-state index >= 15 is 0 Å². The van der Waals surface area contributed by atoms with Crippen molar-refractivity contribution < 1.29 is 13.0 Å². The third-order valence-corrected chi connectivity index (χ3v) is 3.59. The summed E-state index contributed by atoms with van der Waals surface area (Å²) < 4.78 is 31.5. The second-order valence-electron chi connectivity index (χ2n) is 4.80. The van der Waals surface area contributed by atoms with Crippen LogP contribution < -0.4 is 5.73 Å². The minimum Gasteiger partial charge on any atom is -0.398 e. The van der Waals surface area contributed by atoms with Crippen LogP contribution in [0.5, 0.6) is 0 Å². The summed E-state index contributed by atoms with van der Waals surface area (Å²) in [4.78, 5) is -0.0842. The molecule has 0 heterocycles. The molecule has 1 rings (SSSR count). The fourth-order valence-corrected chi connectivity index (χ4v) is 2.33. The molecule has 0 aliphatic rings. The van der Waals surface area contributed by atoms with Crippen LogP contribution in [-0.2, 0) is 10.1 Å². The Labute approximate surface area is 103 Å². The van der Waals surface area contributed by atoms with Gasteiger partial charge in [0.2, 0.25) is 0 Å².